The second-order valence-corrected chi connectivity index (χ2v) is 8.31. The Morgan fingerprint density at radius 3 is 2.32 bits per heavy atom. The first-order valence-electron chi connectivity index (χ1n) is 9.35. The van der Waals surface area contributed by atoms with Crippen LogP contribution in [-0.2, 0) is 19.6 Å². The molecule has 3 aromatic carbocycles. The lowest BCUT2D eigenvalue weighted by molar-refractivity contribution is 0.284. The van der Waals surface area contributed by atoms with Crippen molar-refractivity contribution in [2.45, 2.75) is 19.6 Å². The summed E-state index contributed by atoms with van der Waals surface area (Å²) >= 11 is 24.8. The van der Waals surface area contributed by atoms with Crippen LogP contribution >= 0.6 is 58.8 Å². The van der Waals surface area contributed by atoms with Crippen molar-refractivity contribution in [3.8, 4) is 11.5 Å². The zero-order valence-corrected chi connectivity index (χ0v) is 20.6. The maximum atomic E-state index is 6.47. The molecule has 0 aliphatic rings. The molecule has 3 aromatic rings. The number of rotatable bonds is 9. The van der Waals surface area contributed by atoms with Gasteiger partial charge in [0.05, 0.1) is 12.1 Å². The van der Waals surface area contributed by atoms with E-state index in [1.165, 1.54) is 0 Å². The lowest BCUT2D eigenvalue weighted by Crippen LogP contribution is -2.17. The molecule has 0 atom stereocenters. The lowest BCUT2D eigenvalue weighted by atomic mass is 10.1. The van der Waals surface area contributed by atoms with Gasteiger partial charge in [-0.05, 0) is 54.4 Å². The van der Waals surface area contributed by atoms with E-state index < -0.39 is 0 Å². The van der Waals surface area contributed by atoms with Gasteiger partial charge in [0.1, 0.15) is 6.61 Å². The Morgan fingerprint density at radius 1 is 0.839 bits per heavy atom. The molecule has 3 nitrogen and oxygen atoms in total. The van der Waals surface area contributed by atoms with Crippen LogP contribution in [0.4, 0.5) is 0 Å². The van der Waals surface area contributed by atoms with Crippen molar-refractivity contribution in [3.05, 3.63) is 91.4 Å². The molecule has 0 unspecified atom stereocenters. The number of benzene rings is 3. The highest BCUT2D eigenvalue weighted by atomic mass is 35.5. The van der Waals surface area contributed by atoms with Gasteiger partial charge in [-0.15, -0.1) is 12.4 Å². The van der Waals surface area contributed by atoms with E-state index in [0.717, 1.165) is 29.7 Å². The summed E-state index contributed by atoms with van der Waals surface area (Å²) in [7, 11) is 1.59. The molecule has 0 amide bonds. The van der Waals surface area contributed by atoms with E-state index in [1.54, 1.807) is 13.2 Å². The van der Waals surface area contributed by atoms with Crippen molar-refractivity contribution in [3.63, 3.8) is 0 Å². The first-order chi connectivity index (χ1) is 14.5. The molecule has 0 saturated heterocycles. The summed E-state index contributed by atoms with van der Waals surface area (Å²) < 4.78 is 11.4. The SMILES string of the molecule is COc1cc(CNCCc2ccc(Cl)cc2Cl)cc(Cl)c1OCc1ccccc1Cl.Cl. The maximum absolute atomic E-state index is 6.47. The number of ether oxygens (including phenoxy) is 2. The molecule has 0 spiro atoms. The highest BCUT2D eigenvalue weighted by molar-refractivity contribution is 6.35. The molecule has 0 saturated carbocycles. The molecule has 31 heavy (non-hydrogen) atoms. The second-order valence-electron chi connectivity index (χ2n) is 6.65. The van der Waals surface area contributed by atoms with Gasteiger partial charge >= 0.3 is 0 Å². The third-order valence-electron chi connectivity index (χ3n) is 4.53. The minimum Gasteiger partial charge on any atom is -0.493 e. The number of methoxy groups -OCH3 is 1. The minimum atomic E-state index is 0. The molecular formula is C23H22Cl5NO2. The second kappa shape index (κ2) is 12.6. The van der Waals surface area contributed by atoms with Gasteiger partial charge in [0.25, 0.3) is 0 Å². The van der Waals surface area contributed by atoms with Gasteiger partial charge in [-0.25, -0.2) is 0 Å². The quantitative estimate of drug-likeness (QED) is 0.294. The molecule has 0 aliphatic carbocycles. The molecule has 0 bridgehead atoms. The fraction of sp³-hybridized carbons (Fsp3) is 0.217. The summed E-state index contributed by atoms with van der Waals surface area (Å²) in [6.07, 6.45) is 0.792. The summed E-state index contributed by atoms with van der Waals surface area (Å²) in [4.78, 5) is 0. The van der Waals surface area contributed by atoms with E-state index in [0.29, 0.717) is 44.7 Å². The van der Waals surface area contributed by atoms with Gasteiger partial charge < -0.3 is 14.8 Å². The average Bonchev–Trinajstić information content (AvgIpc) is 2.72. The van der Waals surface area contributed by atoms with Crippen LogP contribution in [-0.4, -0.2) is 13.7 Å². The molecule has 0 fully saturated rings. The van der Waals surface area contributed by atoms with Gasteiger partial charge in [-0.1, -0.05) is 70.7 Å². The van der Waals surface area contributed by atoms with Crippen LogP contribution < -0.4 is 14.8 Å². The molecule has 166 valence electrons. The largest absolute Gasteiger partial charge is 0.493 e. The van der Waals surface area contributed by atoms with Gasteiger partial charge in [-0.3, -0.25) is 0 Å². The molecule has 3 rings (SSSR count). The Kier molecular flexibility index (Phi) is 10.6. The number of halogens is 5. The van der Waals surface area contributed by atoms with E-state index >= 15 is 0 Å². The molecular weight excluding hydrogens is 500 g/mol. The lowest BCUT2D eigenvalue weighted by Gasteiger charge is -2.15. The number of hydrogen-bond acceptors (Lipinski definition) is 3. The Labute approximate surface area is 209 Å². The summed E-state index contributed by atoms with van der Waals surface area (Å²) in [6.45, 7) is 1.69. The van der Waals surface area contributed by atoms with Crippen LogP contribution in [0.5, 0.6) is 11.5 Å². The Morgan fingerprint density at radius 2 is 1.61 bits per heavy atom. The first kappa shape index (κ1) is 25.9. The first-order valence-corrected chi connectivity index (χ1v) is 10.9. The fourth-order valence-corrected chi connectivity index (χ4v) is 3.94. The van der Waals surface area contributed by atoms with Crippen LogP contribution in [0.3, 0.4) is 0 Å². The zero-order valence-electron chi connectivity index (χ0n) is 16.8. The smallest absolute Gasteiger partial charge is 0.180 e. The fourth-order valence-electron chi connectivity index (χ4n) is 2.96. The molecule has 0 heterocycles. The van der Waals surface area contributed by atoms with Crippen LogP contribution in [0, 0.1) is 0 Å². The van der Waals surface area contributed by atoms with Gasteiger partial charge in [0.2, 0.25) is 0 Å². The van der Waals surface area contributed by atoms with Crippen molar-refractivity contribution < 1.29 is 9.47 Å². The van der Waals surface area contributed by atoms with Crippen LogP contribution in [0.1, 0.15) is 16.7 Å². The number of hydrogen-bond donors (Lipinski definition) is 1. The maximum Gasteiger partial charge on any atom is 0.180 e. The minimum absolute atomic E-state index is 0. The third kappa shape index (κ3) is 7.35. The standard InChI is InChI=1S/C23H21Cl4NO2.ClH/c1-29-22-11-15(13-28-9-8-16-6-7-18(24)12-20(16)26)10-21(27)23(22)30-14-17-4-2-3-5-19(17)25;/h2-7,10-12,28H,8-9,13-14H2,1H3;1H. The van der Waals surface area contributed by atoms with Crippen molar-refractivity contribution in [1.82, 2.24) is 5.32 Å². The molecule has 0 aromatic heterocycles. The van der Waals surface area contributed by atoms with Gasteiger partial charge in [0, 0.05) is 27.2 Å². The zero-order chi connectivity index (χ0) is 21.5. The van der Waals surface area contributed by atoms with Crippen molar-refractivity contribution in [1.29, 1.82) is 0 Å². The number of nitrogens with one attached hydrogen (secondary N) is 1. The Hall–Kier alpha value is -1.33. The predicted molar refractivity (Wildman–Crippen MR) is 133 cm³/mol. The average molecular weight is 522 g/mol. The molecule has 0 aliphatic heterocycles. The summed E-state index contributed by atoms with van der Waals surface area (Å²) in [5, 5.41) is 5.83. The Bertz CT molecular complexity index is 1010. The van der Waals surface area contributed by atoms with E-state index in [1.807, 2.05) is 48.5 Å². The summed E-state index contributed by atoms with van der Waals surface area (Å²) in [5.41, 5.74) is 2.92. The highest BCUT2D eigenvalue weighted by Gasteiger charge is 2.13. The van der Waals surface area contributed by atoms with Crippen molar-refractivity contribution in [2.75, 3.05) is 13.7 Å². The van der Waals surface area contributed by atoms with E-state index in [2.05, 4.69) is 5.32 Å². The topological polar surface area (TPSA) is 30.5 Å². The normalized spacial score (nSPS) is 10.5. The van der Waals surface area contributed by atoms with Gasteiger partial charge in [0.15, 0.2) is 11.5 Å². The Balaban J connectivity index is 0.00000341. The van der Waals surface area contributed by atoms with E-state index in [-0.39, 0.29) is 12.4 Å². The van der Waals surface area contributed by atoms with Crippen molar-refractivity contribution in [2.24, 2.45) is 0 Å². The van der Waals surface area contributed by atoms with Gasteiger partial charge in [-0.2, -0.15) is 0 Å². The molecule has 0 radical (unpaired) electrons. The van der Waals surface area contributed by atoms with Crippen LogP contribution in [0.25, 0.3) is 0 Å². The summed E-state index contributed by atoms with van der Waals surface area (Å²) in [5.74, 6) is 1.07. The van der Waals surface area contributed by atoms with E-state index in [4.69, 9.17) is 55.9 Å². The van der Waals surface area contributed by atoms with Crippen LogP contribution in [0.2, 0.25) is 20.1 Å². The third-order valence-corrected chi connectivity index (χ3v) is 5.77. The molecule has 1 N–H and O–H groups in total. The molecule has 8 heteroatoms. The predicted octanol–water partition coefficient (Wildman–Crippen LogP) is 7.64. The van der Waals surface area contributed by atoms with Crippen molar-refractivity contribution >= 4 is 58.8 Å². The highest BCUT2D eigenvalue weighted by Crippen LogP contribution is 2.37. The summed E-state index contributed by atoms with van der Waals surface area (Å²) in [6, 6.07) is 16.8. The monoisotopic (exact) mass is 519 g/mol. The van der Waals surface area contributed by atoms with Crippen LogP contribution in [0.15, 0.2) is 54.6 Å². The van der Waals surface area contributed by atoms with E-state index in [9.17, 15) is 0 Å².